The number of carbonyl (C=O) groups excluding carboxylic acids is 2. The Morgan fingerprint density at radius 2 is 1.62 bits per heavy atom. The zero-order chi connectivity index (χ0) is 20.2. The van der Waals surface area contributed by atoms with E-state index < -0.39 is 0 Å². The smallest absolute Gasteiger partial charge is 0.255 e. The van der Waals surface area contributed by atoms with E-state index in [9.17, 15) is 9.59 Å². The number of ether oxygens (including phenoxy) is 1. The quantitative estimate of drug-likeness (QED) is 0.711. The standard InChI is InChI=1S/C24H22N2O3/c1-17(27)26-14-13-18-7-10-21(15-20(18)16-26)25-24(28)19-8-11-23(12-9-19)29-22-5-3-2-4-6-22/h2-12,15H,13-14,16H2,1H3,(H,25,28). The molecule has 0 aliphatic carbocycles. The first-order valence-corrected chi connectivity index (χ1v) is 9.60. The predicted molar refractivity (Wildman–Crippen MR) is 112 cm³/mol. The topological polar surface area (TPSA) is 58.6 Å². The predicted octanol–water partition coefficient (Wildman–Crippen LogP) is 4.64. The molecule has 0 aromatic heterocycles. The highest BCUT2D eigenvalue weighted by Crippen LogP contribution is 2.24. The fourth-order valence-electron chi connectivity index (χ4n) is 3.41. The average Bonchev–Trinajstić information content (AvgIpc) is 2.74. The summed E-state index contributed by atoms with van der Waals surface area (Å²) < 4.78 is 5.76. The van der Waals surface area contributed by atoms with E-state index in [1.54, 1.807) is 31.2 Å². The summed E-state index contributed by atoms with van der Waals surface area (Å²) in [7, 11) is 0. The van der Waals surface area contributed by atoms with Gasteiger partial charge in [-0.1, -0.05) is 24.3 Å². The van der Waals surface area contributed by atoms with Crippen LogP contribution in [0.15, 0.2) is 72.8 Å². The summed E-state index contributed by atoms with van der Waals surface area (Å²) in [4.78, 5) is 26.1. The SMILES string of the molecule is CC(=O)N1CCc2ccc(NC(=O)c3ccc(Oc4ccccc4)cc3)cc2C1. The number of nitrogens with one attached hydrogen (secondary N) is 1. The first-order chi connectivity index (χ1) is 14.1. The maximum atomic E-state index is 12.6. The van der Waals surface area contributed by atoms with Gasteiger partial charge in [-0.15, -0.1) is 0 Å². The molecule has 0 atom stereocenters. The lowest BCUT2D eigenvalue weighted by Crippen LogP contribution is -2.34. The zero-order valence-electron chi connectivity index (χ0n) is 16.2. The van der Waals surface area contributed by atoms with Gasteiger partial charge >= 0.3 is 0 Å². The van der Waals surface area contributed by atoms with Crippen LogP contribution in [0.3, 0.4) is 0 Å². The van der Waals surface area contributed by atoms with Gasteiger partial charge in [-0.3, -0.25) is 9.59 Å². The molecule has 0 spiro atoms. The minimum absolute atomic E-state index is 0.0721. The van der Waals surface area contributed by atoms with Gasteiger partial charge in [0, 0.05) is 31.3 Å². The van der Waals surface area contributed by atoms with Crippen LogP contribution in [0.4, 0.5) is 5.69 Å². The van der Waals surface area contributed by atoms with E-state index in [4.69, 9.17) is 4.74 Å². The Balaban J connectivity index is 1.43. The molecule has 0 bridgehead atoms. The van der Waals surface area contributed by atoms with Gasteiger partial charge < -0.3 is 15.0 Å². The van der Waals surface area contributed by atoms with Crippen molar-refractivity contribution in [1.29, 1.82) is 0 Å². The Kier molecular flexibility index (Phi) is 5.29. The molecule has 4 rings (SSSR count). The molecule has 29 heavy (non-hydrogen) atoms. The summed E-state index contributed by atoms with van der Waals surface area (Å²) in [5.74, 6) is 1.31. The van der Waals surface area contributed by atoms with Crippen molar-refractivity contribution < 1.29 is 14.3 Å². The summed E-state index contributed by atoms with van der Waals surface area (Å²) in [6.07, 6.45) is 0.839. The fraction of sp³-hybridized carbons (Fsp3) is 0.167. The Labute approximate surface area is 169 Å². The van der Waals surface area contributed by atoms with Gasteiger partial charge in [0.1, 0.15) is 11.5 Å². The summed E-state index contributed by atoms with van der Waals surface area (Å²) in [6.45, 7) is 2.91. The van der Waals surface area contributed by atoms with Crippen molar-refractivity contribution in [2.24, 2.45) is 0 Å². The Morgan fingerprint density at radius 3 is 2.34 bits per heavy atom. The highest BCUT2D eigenvalue weighted by atomic mass is 16.5. The third-order valence-corrected chi connectivity index (χ3v) is 5.02. The van der Waals surface area contributed by atoms with Crippen LogP contribution in [0.1, 0.15) is 28.4 Å². The minimum atomic E-state index is -0.185. The summed E-state index contributed by atoms with van der Waals surface area (Å²) >= 11 is 0. The number of fused-ring (bicyclic) bond motifs is 1. The highest BCUT2D eigenvalue weighted by Gasteiger charge is 2.18. The number of anilines is 1. The Hall–Kier alpha value is -3.60. The van der Waals surface area contributed by atoms with Crippen LogP contribution in [0.25, 0.3) is 0 Å². The molecule has 3 aromatic carbocycles. The molecule has 0 fully saturated rings. The van der Waals surface area contributed by atoms with E-state index in [1.807, 2.05) is 53.4 Å². The summed E-state index contributed by atoms with van der Waals surface area (Å²) in [5, 5.41) is 2.94. The number of benzene rings is 3. The lowest BCUT2D eigenvalue weighted by Gasteiger charge is -2.28. The van der Waals surface area contributed by atoms with Crippen molar-refractivity contribution in [3.05, 3.63) is 89.5 Å². The molecular weight excluding hydrogens is 364 g/mol. The molecule has 3 aromatic rings. The number of nitrogens with zero attached hydrogens (tertiary/aromatic N) is 1. The number of carbonyl (C=O) groups is 2. The summed E-state index contributed by atoms with van der Waals surface area (Å²) in [5.41, 5.74) is 3.58. The monoisotopic (exact) mass is 386 g/mol. The second-order valence-corrected chi connectivity index (χ2v) is 7.07. The van der Waals surface area contributed by atoms with E-state index in [2.05, 4.69) is 5.32 Å². The van der Waals surface area contributed by atoms with Crippen LogP contribution in [-0.2, 0) is 17.8 Å². The van der Waals surface area contributed by atoms with Crippen molar-refractivity contribution >= 4 is 17.5 Å². The average molecular weight is 386 g/mol. The van der Waals surface area contributed by atoms with Gasteiger partial charge in [-0.25, -0.2) is 0 Å². The van der Waals surface area contributed by atoms with Gasteiger partial charge in [-0.2, -0.15) is 0 Å². The molecule has 0 radical (unpaired) electrons. The van der Waals surface area contributed by atoms with Crippen LogP contribution in [0.2, 0.25) is 0 Å². The first kappa shape index (κ1) is 18.7. The third kappa shape index (κ3) is 4.46. The number of amides is 2. The Morgan fingerprint density at radius 1 is 0.897 bits per heavy atom. The molecule has 0 saturated carbocycles. The third-order valence-electron chi connectivity index (χ3n) is 5.02. The largest absolute Gasteiger partial charge is 0.457 e. The fourth-order valence-corrected chi connectivity index (χ4v) is 3.41. The van der Waals surface area contributed by atoms with E-state index in [0.717, 1.165) is 30.0 Å². The number of hydrogen-bond donors (Lipinski definition) is 1. The number of hydrogen-bond acceptors (Lipinski definition) is 3. The van der Waals surface area contributed by atoms with Crippen LogP contribution < -0.4 is 10.1 Å². The normalized spacial score (nSPS) is 12.8. The summed E-state index contributed by atoms with van der Waals surface area (Å²) in [6, 6.07) is 22.4. The van der Waals surface area contributed by atoms with Gasteiger partial charge in [0.05, 0.1) is 0 Å². The molecule has 146 valence electrons. The lowest BCUT2D eigenvalue weighted by molar-refractivity contribution is -0.129. The second-order valence-electron chi connectivity index (χ2n) is 7.07. The number of rotatable bonds is 4. The molecule has 2 amide bonds. The minimum Gasteiger partial charge on any atom is -0.457 e. The second kappa shape index (κ2) is 8.19. The van der Waals surface area contributed by atoms with Crippen molar-refractivity contribution in [2.75, 3.05) is 11.9 Å². The van der Waals surface area contributed by atoms with E-state index in [0.29, 0.717) is 17.9 Å². The van der Waals surface area contributed by atoms with E-state index in [-0.39, 0.29) is 11.8 Å². The van der Waals surface area contributed by atoms with E-state index >= 15 is 0 Å². The molecule has 1 N–H and O–H groups in total. The van der Waals surface area contributed by atoms with Gasteiger partial charge in [0.25, 0.3) is 5.91 Å². The Bertz CT molecular complexity index is 1030. The van der Waals surface area contributed by atoms with Gasteiger partial charge in [0.15, 0.2) is 0 Å². The molecule has 0 saturated heterocycles. The highest BCUT2D eigenvalue weighted by molar-refractivity contribution is 6.04. The van der Waals surface area contributed by atoms with E-state index in [1.165, 1.54) is 5.56 Å². The van der Waals surface area contributed by atoms with Gasteiger partial charge in [-0.05, 0) is 66.1 Å². The number of para-hydroxylation sites is 1. The molecule has 0 unspecified atom stereocenters. The molecule has 5 heteroatoms. The molecule has 5 nitrogen and oxygen atoms in total. The van der Waals surface area contributed by atoms with Crippen LogP contribution in [0.5, 0.6) is 11.5 Å². The van der Waals surface area contributed by atoms with Gasteiger partial charge in [0.2, 0.25) is 5.91 Å². The lowest BCUT2D eigenvalue weighted by atomic mass is 9.99. The first-order valence-electron chi connectivity index (χ1n) is 9.60. The van der Waals surface area contributed by atoms with Crippen LogP contribution in [0, 0.1) is 0 Å². The molecule has 1 aliphatic rings. The van der Waals surface area contributed by atoms with Crippen molar-refractivity contribution in [3.8, 4) is 11.5 Å². The molecule has 1 aliphatic heterocycles. The maximum Gasteiger partial charge on any atom is 0.255 e. The van der Waals surface area contributed by atoms with Crippen LogP contribution in [-0.4, -0.2) is 23.3 Å². The maximum absolute atomic E-state index is 12.6. The molecule has 1 heterocycles. The van der Waals surface area contributed by atoms with Crippen molar-refractivity contribution in [1.82, 2.24) is 4.90 Å². The van der Waals surface area contributed by atoms with Crippen LogP contribution >= 0.6 is 0 Å². The molecular formula is C24H22N2O3. The van der Waals surface area contributed by atoms with Crippen molar-refractivity contribution in [3.63, 3.8) is 0 Å². The zero-order valence-corrected chi connectivity index (χ0v) is 16.2. The van der Waals surface area contributed by atoms with Crippen molar-refractivity contribution in [2.45, 2.75) is 19.9 Å².